The first-order valence-corrected chi connectivity index (χ1v) is 5.04. The number of methoxy groups -OCH3 is 1. The number of benzene rings is 1. The van der Waals surface area contributed by atoms with E-state index in [-0.39, 0.29) is 6.04 Å². The molecule has 0 aliphatic carbocycles. The first kappa shape index (κ1) is 13.0. The Labute approximate surface area is 99.1 Å². The highest BCUT2D eigenvalue weighted by molar-refractivity contribution is 6.34. The average molecular weight is 237 g/mol. The van der Waals surface area contributed by atoms with Gasteiger partial charge in [0.25, 0.3) is 0 Å². The minimum absolute atomic E-state index is 0.286. The van der Waals surface area contributed by atoms with Gasteiger partial charge < -0.3 is 10.1 Å². The molecule has 1 atom stereocenters. The summed E-state index contributed by atoms with van der Waals surface area (Å²) in [6.45, 7) is 1.77. The van der Waals surface area contributed by atoms with Crippen molar-refractivity contribution in [2.75, 3.05) is 7.11 Å². The predicted octanol–water partition coefficient (Wildman–Crippen LogP) is -0.138. The first-order chi connectivity index (χ1) is 8.08. The molecule has 0 saturated heterocycles. The molecule has 1 aromatic carbocycles. The van der Waals surface area contributed by atoms with Crippen LogP contribution in [0.25, 0.3) is 0 Å². The molecule has 0 fully saturated rings. The van der Waals surface area contributed by atoms with Crippen molar-refractivity contribution in [2.24, 2.45) is 5.84 Å². The molecule has 1 unspecified atom stereocenters. The lowest BCUT2D eigenvalue weighted by Gasteiger charge is -2.13. The van der Waals surface area contributed by atoms with Crippen LogP contribution >= 0.6 is 0 Å². The summed E-state index contributed by atoms with van der Waals surface area (Å²) in [5.41, 5.74) is 2.63. The Hall–Kier alpha value is -2.08. The second-order valence-electron chi connectivity index (χ2n) is 3.44. The third-order valence-electron chi connectivity index (χ3n) is 2.30. The fourth-order valence-electron chi connectivity index (χ4n) is 1.30. The number of hydrogen-bond donors (Lipinski definition) is 3. The van der Waals surface area contributed by atoms with Crippen LogP contribution in [-0.2, 0) is 9.59 Å². The summed E-state index contributed by atoms with van der Waals surface area (Å²) in [4.78, 5) is 22.2. The van der Waals surface area contributed by atoms with Gasteiger partial charge in [0.2, 0.25) is 0 Å². The normalized spacial score (nSPS) is 11.5. The second-order valence-corrected chi connectivity index (χ2v) is 3.44. The van der Waals surface area contributed by atoms with Crippen LogP contribution in [0.5, 0.6) is 5.75 Å². The van der Waals surface area contributed by atoms with Gasteiger partial charge in [-0.2, -0.15) is 0 Å². The number of carbonyl (C=O) groups is 2. The number of nitrogens with one attached hydrogen (secondary N) is 2. The van der Waals surface area contributed by atoms with Gasteiger partial charge in [0.1, 0.15) is 5.75 Å². The molecular weight excluding hydrogens is 222 g/mol. The number of hydrazine groups is 1. The van der Waals surface area contributed by atoms with E-state index in [1.165, 1.54) is 0 Å². The Kier molecular flexibility index (Phi) is 4.47. The number of amides is 2. The van der Waals surface area contributed by atoms with Gasteiger partial charge in [-0.15, -0.1) is 0 Å². The largest absolute Gasteiger partial charge is 0.497 e. The van der Waals surface area contributed by atoms with Gasteiger partial charge in [-0.1, -0.05) is 12.1 Å². The van der Waals surface area contributed by atoms with Gasteiger partial charge in [0, 0.05) is 0 Å². The topological polar surface area (TPSA) is 93.4 Å². The molecule has 6 heteroatoms. The summed E-state index contributed by atoms with van der Waals surface area (Å²) in [7, 11) is 1.58. The van der Waals surface area contributed by atoms with Gasteiger partial charge in [0.15, 0.2) is 0 Å². The third-order valence-corrected chi connectivity index (χ3v) is 2.30. The van der Waals surface area contributed by atoms with E-state index in [0.29, 0.717) is 0 Å². The third kappa shape index (κ3) is 3.46. The lowest BCUT2D eigenvalue weighted by molar-refractivity contribution is -0.139. The molecule has 0 radical (unpaired) electrons. The summed E-state index contributed by atoms with van der Waals surface area (Å²) in [6.07, 6.45) is 0. The van der Waals surface area contributed by atoms with Gasteiger partial charge in [-0.25, -0.2) is 5.84 Å². The number of nitrogens with two attached hydrogens (primary N) is 1. The highest BCUT2D eigenvalue weighted by Crippen LogP contribution is 2.16. The Morgan fingerprint density at radius 3 is 2.29 bits per heavy atom. The first-order valence-electron chi connectivity index (χ1n) is 5.04. The molecule has 0 spiro atoms. The molecule has 17 heavy (non-hydrogen) atoms. The smallest absolute Gasteiger partial charge is 0.323 e. The quantitative estimate of drug-likeness (QED) is 0.295. The van der Waals surface area contributed by atoms with Crippen molar-refractivity contribution in [3.05, 3.63) is 29.8 Å². The van der Waals surface area contributed by atoms with Crippen LogP contribution in [0, 0.1) is 0 Å². The lowest BCUT2D eigenvalue weighted by atomic mass is 10.1. The van der Waals surface area contributed by atoms with Crippen LogP contribution < -0.4 is 21.3 Å². The van der Waals surface area contributed by atoms with E-state index in [4.69, 9.17) is 10.6 Å². The van der Waals surface area contributed by atoms with Crippen LogP contribution in [0.3, 0.4) is 0 Å². The molecule has 0 aliphatic rings. The van der Waals surface area contributed by atoms with Crippen LogP contribution in [0.2, 0.25) is 0 Å². The van der Waals surface area contributed by atoms with Gasteiger partial charge in [0.05, 0.1) is 13.2 Å². The van der Waals surface area contributed by atoms with Crippen molar-refractivity contribution in [1.82, 2.24) is 10.7 Å². The van der Waals surface area contributed by atoms with Crippen molar-refractivity contribution < 1.29 is 14.3 Å². The maximum absolute atomic E-state index is 11.3. The molecule has 0 aromatic heterocycles. The van der Waals surface area contributed by atoms with Crippen LogP contribution in [0.15, 0.2) is 24.3 Å². The van der Waals surface area contributed by atoms with Crippen LogP contribution in [0.1, 0.15) is 18.5 Å². The average Bonchev–Trinajstić information content (AvgIpc) is 2.37. The number of carbonyl (C=O) groups excluding carboxylic acids is 2. The van der Waals surface area contributed by atoms with Crippen molar-refractivity contribution in [1.29, 1.82) is 0 Å². The molecule has 1 rings (SSSR count). The van der Waals surface area contributed by atoms with Crippen molar-refractivity contribution >= 4 is 11.8 Å². The fraction of sp³-hybridized carbons (Fsp3) is 0.273. The summed E-state index contributed by atoms with van der Waals surface area (Å²) in [6, 6.07) is 6.89. The summed E-state index contributed by atoms with van der Waals surface area (Å²) < 4.78 is 5.02. The zero-order valence-corrected chi connectivity index (χ0v) is 9.69. The molecule has 92 valence electrons. The van der Waals surface area contributed by atoms with E-state index in [0.717, 1.165) is 11.3 Å². The summed E-state index contributed by atoms with van der Waals surface area (Å²) in [5, 5.41) is 2.51. The monoisotopic (exact) mass is 237 g/mol. The van der Waals surface area contributed by atoms with Crippen LogP contribution in [0.4, 0.5) is 0 Å². The zero-order valence-electron chi connectivity index (χ0n) is 9.69. The molecule has 0 heterocycles. The van der Waals surface area contributed by atoms with E-state index >= 15 is 0 Å². The van der Waals surface area contributed by atoms with E-state index in [1.807, 2.05) is 12.1 Å². The number of hydrogen-bond acceptors (Lipinski definition) is 4. The lowest BCUT2D eigenvalue weighted by Crippen LogP contribution is -2.43. The highest BCUT2D eigenvalue weighted by Gasteiger charge is 2.15. The van der Waals surface area contributed by atoms with Gasteiger partial charge in [-0.05, 0) is 24.6 Å². The maximum atomic E-state index is 11.3. The van der Waals surface area contributed by atoms with Crippen molar-refractivity contribution in [2.45, 2.75) is 13.0 Å². The SMILES string of the molecule is COc1ccc(C(C)NC(=O)C(=O)NN)cc1. The molecule has 0 saturated carbocycles. The van der Waals surface area contributed by atoms with E-state index in [9.17, 15) is 9.59 Å². The fourth-order valence-corrected chi connectivity index (χ4v) is 1.30. The number of ether oxygens (including phenoxy) is 1. The minimum atomic E-state index is -0.870. The van der Waals surface area contributed by atoms with Crippen LogP contribution in [-0.4, -0.2) is 18.9 Å². The second kappa shape index (κ2) is 5.86. The molecule has 1 aromatic rings. The van der Waals surface area contributed by atoms with E-state index in [1.54, 1.807) is 31.6 Å². The minimum Gasteiger partial charge on any atom is -0.497 e. The summed E-state index contributed by atoms with van der Waals surface area (Å²) >= 11 is 0. The van der Waals surface area contributed by atoms with E-state index < -0.39 is 11.8 Å². The van der Waals surface area contributed by atoms with Gasteiger partial charge >= 0.3 is 11.8 Å². The Balaban J connectivity index is 2.66. The van der Waals surface area contributed by atoms with Gasteiger partial charge in [-0.3, -0.25) is 15.0 Å². The number of rotatable bonds is 3. The zero-order chi connectivity index (χ0) is 12.8. The molecule has 2 amide bonds. The standard InChI is InChI=1S/C11H15N3O3/c1-7(13-10(15)11(16)14-12)8-3-5-9(17-2)6-4-8/h3-7H,12H2,1-2H3,(H,13,15)(H,14,16). The molecule has 6 nitrogen and oxygen atoms in total. The highest BCUT2D eigenvalue weighted by atomic mass is 16.5. The van der Waals surface area contributed by atoms with Crippen molar-refractivity contribution in [3.63, 3.8) is 0 Å². The molecule has 0 bridgehead atoms. The molecule has 4 N–H and O–H groups in total. The summed E-state index contributed by atoms with van der Waals surface area (Å²) in [5.74, 6) is 3.94. The van der Waals surface area contributed by atoms with Crippen molar-refractivity contribution in [3.8, 4) is 5.75 Å². The Bertz CT molecular complexity index is 403. The van der Waals surface area contributed by atoms with E-state index in [2.05, 4.69) is 5.32 Å². The predicted molar refractivity (Wildman–Crippen MR) is 61.9 cm³/mol. The molecular formula is C11H15N3O3. The molecule has 0 aliphatic heterocycles. The maximum Gasteiger partial charge on any atom is 0.323 e. The Morgan fingerprint density at radius 2 is 1.82 bits per heavy atom. The Morgan fingerprint density at radius 1 is 1.24 bits per heavy atom.